The Bertz CT molecular complexity index is 739. The van der Waals surface area contributed by atoms with Crippen LogP contribution in [0, 0.1) is 0 Å². The number of amides is 1. The number of Topliss-reactive ketones (excluding diaryl/α,β-unsaturated/α-hetero) is 1. The predicted octanol–water partition coefficient (Wildman–Crippen LogP) is 3.08. The van der Waals surface area contributed by atoms with E-state index in [1.54, 1.807) is 6.07 Å². The van der Waals surface area contributed by atoms with Gasteiger partial charge in [0.25, 0.3) is 5.91 Å². The van der Waals surface area contributed by atoms with E-state index < -0.39 is 18.0 Å². The van der Waals surface area contributed by atoms with Crippen molar-refractivity contribution in [1.29, 1.82) is 0 Å². The molecule has 0 heterocycles. The van der Waals surface area contributed by atoms with Crippen molar-refractivity contribution < 1.29 is 19.1 Å². The minimum Gasteiger partial charge on any atom is -0.453 e. The molecule has 2 aromatic rings. The average molecular weight is 313 g/mol. The number of nitrogens with one attached hydrogen (secondary N) is 1. The summed E-state index contributed by atoms with van der Waals surface area (Å²) in [6.07, 6.45) is -0.804. The lowest BCUT2D eigenvalue weighted by molar-refractivity contribution is -0.153. The first kappa shape index (κ1) is 16.7. The minimum atomic E-state index is -0.916. The third-order valence-corrected chi connectivity index (χ3v) is 3.38. The fraction of sp³-hybridized carbons (Fsp3) is 0.278. The monoisotopic (exact) mass is 313 g/mol. The van der Waals surface area contributed by atoms with Crippen LogP contribution in [-0.4, -0.2) is 23.8 Å². The molecule has 0 spiro atoms. The topological polar surface area (TPSA) is 72.5 Å². The average Bonchev–Trinajstić information content (AvgIpc) is 2.52. The maximum Gasteiger partial charge on any atom is 0.307 e. The van der Waals surface area contributed by atoms with Crippen molar-refractivity contribution in [2.75, 3.05) is 5.32 Å². The molecule has 23 heavy (non-hydrogen) atoms. The lowest BCUT2D eigenvalue weighted by Gasteiger charge is -2.13. The van der Waals surface area contributed by atoms with Crippen LogP contribution in [0.2, 0.25) is 0 Å². The summed E-state index contributed by atoms with van der Waals surface area (Å²) in [5, 5.41) is 4.81. The summed E-state index contributed by atoms with van der Waals surface area (Å²) in [4.78, 5) is 34.4. The van der Waals surface area contributed by atoms with E-state index in [0.29, 0.717) is 5.69 Å². The summed E-state index contributed by atoms with van der Waals surface area (Å²) in [5.74, 6) is -1.05. The summed E-state index contributed by atoms with van der Waals surface area (Å²) in [7, 11) is 0. The van der Waals surface area contributed by atoms with Crippen molar-refractivity contribution in [3.8, 4) is 0 Å². The summed E-state index contributed by atoms with van der Waals surface area (Å²) in [6.45, 7) is 2.91. The predicted molar refractivity (Wildman–Crippen MR) is 88.0 cm³/mol. The first-order chi connectivity index (χ1) is 11.0. The Hall–Kier alpha value is -2.69. The van der Waals surface area contributed by atoms with Gasteiger partial charge in [-0.2, -0.15) is 0 Å². The van der Waals surface area contributed by atoms with E-state index in [0.717, 1.165) is 10.8 Å². The molecule has 0 unspecified atom stereocenters. The molecule has 0 aliphatic rings. The van der Waals surface area contributed by atoms with Crippen molar-refractivity contribution in [2.45, 2.75) is 32.8 Å². The van der Waals surface area contributed by atoms with Crippen molar-refractivity contribution in [3.63, 3.8) is 0 Å². The second kappa shape index (κ2) is 7.54. The minimum absolute atomic E-state index is 0.0110. The van der Waals surface area contributed by atoms with Crippen molar-refractivity contribution in [2.24, 2.45) is 0 Å². The van der Waals surface area contributed by atoms with E-state index >= 15 is 0 Å². The molecule has 0 aromatic heterocycles. The van der Waals surface area contributed by atoms with Gasteiger partial charge in [0.15, 0.2) is 6.10 Å². The Morgan fingerprint density at radius 3 is 2.43 bits per heavy atom. The van der Waals surface area contributed by atoms with Gasteiger partial charge in [0.1, 0.15) is 5.78 Å². The molecule has 2 aromatic carbocycles. The number of carbonyl (C=O) groups is 3. The van der Waals surface area contributed by atoms with Crippen LogP contribution < -0.4 is 5.32 Å². The molecular formula is C18H19NO4. The Kier molecular flexibility index (Phi) is 5.46. The highest BCUT2D eigenvalue weighted by Gasteiger charge is 2.18. The molecule has 1 atom stereocenters. The summed E-state index contributed by atoms with van der Waals surface area (Å²) in [6, 6.07) is 13.4. The molecule has 5 nitrogen and oxygen atoms in total. The largest absolute Gasteiger partial charge is 0.453 e. The lowest BCUT2D eigenvalue weighted by Crippen LogP contribution is -2.30. The maximum atomic E-state index is 12.1. The van der Waals surface area contributed by atoms with Crippen LogP contribution in [0.3, 0.4) is 0 Å². The molecule has 0 aliphatic carbocycles. The molecule has 0 fully saturated rings. The van der Waals surface area contributed by atoms with Gasteiger partial charge in [0.2, 0.25) is 0 Å². The number of hydrogen-bond acceptors (Lipinski definition) is 4. The molecule has 0 saturated heterocycles. The van der Waals surface area contributed by atoms with Crippen LogP contribution in [0.5, 0.6) is 0 Å². The van der Waals surface area contributed by atoms with Gasteiger partial charge < -0.3 is 14.8 Å². The van der Waals surface area contributed by atoms with Gasteiger partial charge >= 0.3 is 5.97 Å². The Balaban J connectivity index is 1.94. The highest BCUT2D eigenvalue weighted by Crippen LogP contribution is 2.19. The molecule has 1 N–H and O–H groups in total. The van der Waals surface area contributed by atoms with Gasteiger partial charge in [-0.15, -0.1) is 0 Å². The molecule has 0 aliphatic heterocycles. The molecule has 120 valence electrons. The number of ether oxygens (including phenoxy) is 1. The van der Waals surface area contributed by atoms with E-state index in [1.807, 2.05) is 36.4 Å². The number of rotatable bonds is 6. The smallest absolute Gasteiger partial charge is 0.307 e. The normalized spacial score (nSPS) is 11.7. The number of fused-ring (bicyclic) bond motifs is 1. The molecular weight excluding hydrogens is 294 g/mol. The van der Waals surface area contributed by atoms with Crippen molar-refractivity contribution >= 4 is 34.1 Å². The van der Waals surface area contributed by atoms with Crippen LogP contribution in [0.4, 0.5) is 5.69 Å². The highest BCUT2D eigenvalue weighted by atomic mass is 16.5. The number of esters is 1. The first-order valence-corrected chi connectivity index (χ1v) is 7.44. The summed E-state index contributed by atoms with van der Waals surface area (Å²) >= 11 is 0. The Labute approximate surface area is 134 Å². The van der Waals surface area contributed by atoms with E-state index in [9.17, 15) is 14.4 Å². The molecule has 1 amide bonds. The SMILES string of the molecule is CC(=O)CCC(=O)O[C@@H](C)C(=O)Nc1ccc2ccccc2c1. The van der Waals surface area contributed by atoms with E-state index in [4.69, 9.17) is 4.74 Å². The maximum absolute atomic E-state index is 12.1. The number of anilines is 1. The van der Waals surface area contributed by atoms with Crippen LogP contribution in [0.15, 0.2) is 42.5 Å². The third-order valence-electron chi connectivity index (χ3n) is 3.38. The second-order valence-corrected chi connectivity index (χ2v) is 5.39. The van der Waals surface area contributed by atoms with Crippen LogP contribution in [0.25, 0.3) is 10.8 Å². The molecule has 0 radical (unpaired) electrons. The van der Waals surface area contributed by atoms with Gasteiger partial charge in [0.05, 0.1) is 6.42 Å². The quantitative estimate of drug-likeness (QED) is 0.832. The van der Waals surface area contributed by atoms with Gasteiger partial charge in [-0.3, -0.25) is 9.59 Å². The van der Waals surface area contributed by atoms with Gasteiger partial charge in [-0.05, 0) is 36.8 Å². The molecule has 0 bridgehead atoms. The second-order valence-electron chi connectivity index (χ2n) is 5.39. The van der Waals surface area contributed by atoms with E-state index in [2.05, 4.69) is 5.32 Å². The number of carbonyl (C=O) groups excluding carboxylic acids is 3. The fourth-order valence-corrected chi connectivity index (χ4v) is 2.10. The van der Waals surface area contributed by atoms with E-state index in [-0.39, 0.29) is 18.6 Å². The number of hydrogen-bond donors (Lipinski definition) is 1. The first-order valence-electron chi connectivity index (χ1n) is 7.44. The third kappa shape index (κ3) is 4.92. The van der Waals surface area contributed by atoms with E-state index in [1.165, 1.54) is 13.8 Å². The molecule has 5 heteroatoms. The van der Waals surface area contributed by atoms with Gasteiger partial charge in [-0.1, -0.05) is 30.3 Å². The lowest BCUT2D eigenvalue weighted by atomic mass is 10.1. The molecule has 2 rings (SSSR count). The fourth-order valence-electron chi connectivity index (χ4n) is 2.10. The van der Waals surface area contributed by atoms with Crippen LogP contribution >= 0.6 is 0 Å². The zero-order valence-electron chi connectivity index (χ0n) is 13.2. The zero-order chi connectivity index (χ0) is 16.8. The number of ketones is 1. The summed E-state index contributed by atoms with van der Waals surface area (Å²) in [5.41, 5.74) is 0.639. The highest BCUT2D eigenvalue weighted by molar-refractivity contribution is 5.97. The van der Waals surface area contributed by atoms with Crippen LogP contribution in [-0.2, 0) is 19.1 Å². The Morgan fingerprint density at radius 1 is 1.04 bits per heavy atom. The Morgan fingerprint density at radius 2 is 1.74 bits per heavy atom. The summed E-state index contributed by atoms with van der Waals surface area (Å²) < 4.78 is 5.02. The van der Waals surface area contributed by atoms with Crippen molar-refractivity contribution in [1.82, 2.24) is 0 Å². The van der Waals surface area contributed by atoms with Gasteiger partial charge in [-0.25, -0.2) is 0 Å². The zero-order valence-corrected chi connectivity index (χ0v) is 13.2. The van der Waals surface area contributed by atoms with Crippen LogP contribution in [0.1, 0.15) is 26.7 Å². The number of benzene rings is 2. The molecule has 0 saturated carbocycles. The standard InChI is InChI=1S/C18H19NO4/c1-12(20)7-10-17(21)23-13(2)18(22)19-16-9-8-14-5-3-4-6-15(14)11-16/h3-6,8-9,11,13H,7,10H2,1-2H3,(H,19,22)/t13-/m0/s1. The van der Waals surface area contributed by atoms with Crippen molar-refractivity contribution in [3.05, 3.63) is 42.5 Å². The van der Waals surface area contributed by atoms with Gasteiger partial charge in [0, 0.05) is 12.1 Å².